The van der Waals surface area contributed by atoms with Gasteiger partial charge in [0.1, 0.15) is 5.82 Å². The largest absolute Gasteiger partial charge is 0.416 e. The van der Waals surface area contributed by atoms with Crippen LogP contribution in [-0.2, 0) is 24.6 Å². The smallest absolute Gasteiger partial charge is 0.348 e. The molecule has 2 N–H and O–H groups in total. The zero-order valence-electron chi connectivity index (χ0n) is 15.4. The van der Waals surface area contributed by atoms with Gasteiger partial charge in [-0.3, -0.25) is 4.79 Å². The predicted molar refractivity (Wildman–Crippen MR) is 94.8 cm³/mol. The number of carbonyl (C=O) groups is 1. The Morgan fingerprint density at radius 3 is 2.78 bits per heavy atom. The zero-order valence-corrected chi connectivity index (χ0v) is 15.4. The minimum Gasteiger partial charge on any atom is -0.348 e. The molecule has 2 aliphatic rings. The first-order valence-electron chi connectivity index (χ1n) is 9.31. The number of imidazole rings is 1. The van der Waals surface area contributed by atoms with E-state index < -0.39 is 17.2 Å². The number of carbonyl (C=O) groups excluding carboxylic acids is 1. The number of alkyl halides is 3. The van der Waals surface area contributed by atoms with Crippen molar-refractivity contribution in [2.24, 2.45) is 12.5 Å². The van der Waals surface area contributed by atoms with Crippen LogP contribution in [0.1, 0.15) is 44.0 Å². The summed E-state index contributed by atoms with van der Waals surface area (Å²) in [7, 11) is 1.75. The molecule has 2 aliphatic heterocycles. The molecule has 0 spiro atoms. The number of aryl methyl sites for hydroxylation is 1. The van der Waals surface area contributed by atoms with Gasteiger partial charge in [0.05, 0.1) is 28.6 Å². The summed E-state index contributed by atoms with van der Waals surface area (Å²) in [4.78, 5) is 17.3. The van der Waals surface area contributed by atoms with Crippen LogP contribution < -0.4 is 10.6 Å². The third kappa shape index (κ3) is 2.90. The Morgan fingerprint density at radius 1 is 1.41 bits per heavy atom. The van der Waals surface area contributed by atoms with Gasteiger partial charge in [-0.25, -0.2) is 4.98 Å². The summed E-state index contributed by atoms with van der Waals surface area (Å²) in [5, 5.41) is 6.49. The highest BCUT2D eigenvalue weighted by Crippen LogP contribution is 2.45. The first-order valence-corrected chi connectivity index (χ1v) is 9.31. The van der Waals surface area contributed by atoms with Gasteiger partial charge in [-0.1, -0.05) is 6.92 Å². The Bertz CT molecular complexity index is 891. The lowest BCUT2D eigenvalue weighted by atomic mass is 9.71. The molecule has 2 bridgehead atoms. The lowest BCUT2D eigenvalue weighted by molar-refractivity contribution is -0.137. The number of benzene rings is 1. The number of aromatic nitrogens is 2. The maximum atomic E-state index is 12.9. The van der Waals surface area contributed by atoms with Crippen molar-refractivity contribution in [1.82, 2.24) is 20.2 Å². The number of hydrogen-bond donors (Lipinski definition) is 2. The van der Waals surface area contributed by atoms with Crippen LogP contribution in [0.2, 0.25) is 0 Å². The number of nitrogens with one attached hydrogen (secondary N) is 2. The van der Waals surface area contributed by atoms with Crippen molar-refractivity contribution in [3.8, 4) is 0 Å². The Balaban J connectivity index is 1.53. The van der Waals surface area contributed by atoms with Gasteiger partial charge in [0.25, 0.3) is 0 Å². The van der Waals surface area contributed by atoms with Crippen molar-refractivity contribution in [2.75, 3.05) is 0 Å². The first kappa shape index (κ1) is 18.3. The Morgan fingerprint density at radius 2 is 2.19 bits per heavy atom. The van der Waals surface area contributed by atoms with Crippen LogP contribution in [0.3, 0.4) is 0 Å². The van der Waals surface area contributed by atoms with E-state index in [0.29, 0.717) is 17.4 Å². The van der Waals surface area contributed by atoms with E-state index in [1.54, 1.807) is 11.6 Å². The number of nitrogens with zero attached hydrogens (tertiary/aromatic N) is 2. The lowest BCUT2D eigenvalue weighted by Gasteiger charge is -2.34. The standard InChI is InChI=1S/C19H23F3N4O/c1-3-18(9-12-5-7-15(18)24-12)17(27)23-10-16-25-13-8-11(19(20,21)22)4-6-14(13)26(16)2/h4,6,8,12,15,24H,3,5,7,9-10H2,1-2H3,(H,23,27)/t12-,15+,18+/m1/s1. The fourth-order valence-electron chi connectivity index (χ4n) is 4.72. The number of amides is 1. The quantitative estimate of drug-likeness (QED) is 0.857. The van der Waals surface area contributed by atoms with Gasteiger partial charge < -0.3 is 15.2 Å². The molecule has 1 amide bonds. The van der Waals surface area contributed by atoms with Gasteiger partial charge in [0.15, 0.2) is 0 Å². The van der Waals surface area contributed by atoms with E-state index in [0.717, 1.165) is 37.8 Å². The molecule has 146 valence electrons. The number of rotatable bonds is 4. The van der Waals surface area contributed by atoms with Crippen molar-refractivity contribution in [3.63, 3.8) is 0 Å². The van der Waals surface area contributed by atoms with Gasteiger partial charge in [0.2, 0.25) is 5.91 Å². The second-order valence-electron chi connectivity index (χ2n) is 7.68. The van der Waals surface area contributed by atoms with Crippen LogP contribution in [0.5, 0.6) is 0 Å². The van der Waals surface area contributed by atoms with Crippen molar-refractivity contribution in [3.05, 3.63) is 29.6 Å². The molecule has 1 aromatic carbocycles. The molecule has 0 saturated carbocycles. The van der Waals surface area contributed by atoms with E-state index >= 15 is 0 Å². The average molecular weight is 380 g/mol. The Labute approximate surface area is 155 Å². The van der Waals surface area contributed by atoms with Crippen molar-refractivity contribution in [1.29, 1.82) is 0 Å². The van der Waals surface area contributed by atoms with E-state index in [9.17, 15) is 18.0 Å². The van der Waals surface area contributed by atoms with Gasteiger partial charge in [-0.05, 0) is 43.9 Å². The highest BCUT2D eigenvalue weighted by molar-refractivity contribution is 5.84. The molecule has 0 unspecified atom stereocenters. The maximum absolute atomic E-state index is 12.9. The Kier molecular flexibility index (Phi) is 4.21. The first-order chi connectivity index (χ1) is 12.7. The van der Waals surface area contributed by atoms with Gasteiger partial charge >= 0.3 is 6.18 Å². The minimum atomic E-state index is -4.40. The van der Waals surface area contributed by atoms with Crippen LogP contribution in [-0.4, -0.2) is 27.5 Å². The summed E-state index contributed by atoms with van der Waals surface area (Å²) in [6.45, 7) is 2.24. The van der Waals surface area contributed by atoms with E-state index in [1.807, 2.05) is 6.92 Å². The van der Waals surface area contributed by atoms with Gasteiger partial charge in [-0.15, -0.1) is 0 Å². The van der Waals surface area contributed by atoms with Crippen LogP contribution in [0.25, 0.3) is 11.0 Å². The molecule has 5 nitrogen and oxygen atoms in total. The van der Waals surface area contributed by atoms with E-state index in [2.05, 4.69) is 15.6 Å². The molecular weight excluding hydrogens is 357 g/mol. The van der Waals surface area contributed by atoms with Crippen molar-refractivity contribution < 1.29 is 18.0 Å². The predicted octanol–water partition coefficient (Wildman–Crippen LogP) is 3.13. The summed E-state index contributed by atoms with van der Waals surface area (Å²) >= 11 is 0. The minimum absolute atomic E-state index is 0.00716. The third-order valence-electron chi connectivity index (χ3n) is 6.31. The molecule has 2 aromatic rings. The monoisotopic (exact) mass is 380 g/mol. The highest BCUT2D eigenvalue weighted by atomic mass is 19.4. The molecule has 2 fully saturated rings. The molecule has 4 rings (SSSR count). The normalized spacial score (nSPS) is 27.4. The summed E-state index contributed by atoms with van der Waals surface area (Å²) in [6.07, 6.45) is -0.658. The van der Waals surface area contributed by atoms with E-state index in [1.165, 1.54) is 6.07 Å². The van der Waals surface area contributed by atoms with Crippen LogP contribution in [0.4, 0.5) is 13.2 Å². The Hall–Kier alpha value is -2.09. The molecule has 2 saturated heterocycles. The van der Waals surface area contributed by atoms with Crippen LogP contribution in [0, 0.1) is 5.41 Å². The number of halogens is 3. The fraction of sp³-hybridized carbons (Fsp3) is 0.579. The summed E-state index contributed by atoms with van der Waals surface area (Å²) in [5.41, 5.74) is -0.221. The molecule has 27 heavy (non-hydrogen) atoms. The topological polar surface area (TPSA) is 59.0 Å². The molecule has 3 atom stereocenters. The van der Waals surface area contributed by atoms with E-state index in [4.69, 9.17) is 0 Å². The number of fused-ring (bicyclic) bond motifs is 3. The summed E-state index contributed by atoms with van der Waals surface area (Å²) in [5.74, 6) is 0.549. The maximum Gasteiger partial charge on any atom is 0.416 e. The second kappa shape index (κ2) is 6.22. The molecule has 1 aromatic heterocycles. The molecule has 0 radical (unpaired) electrons. The lowest BCUT2D eigenvalue weighted by Crippen LogP contribution is -2.48. The summed E-state index contributed by atoms with van der Waals surface area (Å²) in [6, 6.07) is 4.15. The highest BCUT2D eigenvalue weighted by Gasteiger charge is 2.54. The van der Waals surface area contributed by atoms with Crippen molar-refractivity contribution in [2.45, 2.75) is 57.4 Å². The molecule has 0 aliphatic carbocycles. The number of hydrogen-bond acceptors (Lipinski definition) is 3. The van der Waals surface area contributed by atoms with Gasteiger partial charge in [-0.2, -0.15) is 13.2 Å². The zero-order chi connectivity index (χ0) is 19.4. The molecular formula is C19H23F3N4O. The van der Waals surface area contributed by atoms with Gasteiger partial charge in [0, 0.05) is 19.1 Å². The van der Waals surface area contributed by atoms with Crippen LogP contribution >= 0.6 is 0 Å². The van der Waals surface area contributed by atoms with E-state index in [-0.39, 0.29) is 24.0 Å². The third-order valence-corrected chi connectivity index (χ3v) is 6.31. The second-order valence-corrected chi connectivity index (χ2v) is 7.68. The molecule has 3 heterocycles. The molecule has 8 heteroatoms. The summed E-state index contributed by atoms with van der Waals surface area (Å²) < 4.78 is 40.5. The van der Waals surface area contributed by atoms with Crippen molar-refractivity contribution >= 4 is 16.9 Å². The average Bonchev–Trinajstić information content (AvgIpc) is 3.32. The fourth-order valence-corrected chi connectivity index (χ4v) is 4.72. The van der Waals surface area contributed by atoms with Crippen LogP contribution in [0.15, 0.2) is 18.2 Å². The SMILES string of the molecule is CC[C@]1(C(=O)NCc2nc3cc(C(F)(F)F)ccc3n2C)C[C@H]2CC[C@@H]1N2.